The first-order valence-corrected chi connectivity index (χ1v) is 6.99. The number of hydrogen-bond donors (Lipinski definition) is 1. The van der Waals surface area contributed by atoms with Crippen LogP contribution in [0.4, 0.5) is 4.39 Å². The molecule has 1 heterocycles. The fourth-order valence-electron chi connectivity index (χ4n) is 2.46. The lowest BCUT2D eigenvalue weighted by molar-refractivity contribution is 0.345. The standard InChI is InChI=1S/C13H13BrFN3O/c14-10-6-7(15)4-5-8(10)12-17-13(19-18-12)9-2-1-3-11(9)16/h4-6,9,11H,1-3,16H2. The highest BCUT2D eigenvalue weighted by Gasteiger charge is 2.30. The number of benzene rings is 1. The van der Waals surface area contributed by atoms with E-state index in [2.05, 4.69) is 26.1 Å². The molecular weight excluding hydrogens is 313 g/mol. The summed E-state index contributed by atoms with van der Waals surface area (Å²) in [7, 11) is 0. The van der Waals surface area contributed by atoms with Gasteiger partial charge in [0.2, 0.25) is 11.7 Å². The van der Waals surface area contributed by atoms with E-state index in [1.54, 1.807) is 6.07 Å². The molecular formula is C13H13BrFN3O. The Hall–Kier alpha value is -1.27. The Balaban J connectivity index is 1.92. The van der Waals surface area contributed by atoms with E-state index in [4.69, 9.17) is 10.3 Å². The minimum Gasteiger partial charge on any atom is -0.339 e. The molecule has 0 aliphatic heterocycles. The van der Waals surface area contributed by atoms with Crippen LogP contribution in [0.5, 0.6) is 0 Å². The molecule has 1 aliphatic carbocycles. The average molecular weight is 326 g/mol. The summed E-state index contributed by atoms with van der Waals surface area (Å²) in [5.74, 6) is 0.870. The summed E-state index contributed by atoms with van der Waals surface area (Å²) >= 11 is 3.30. The van der Waals surface area contributed by atoms with Gasteiger partial charge in [0.15, 0.2) is 0 Å². The lowest BCUT2D eigenvalue weighted by atomic mass is 10.1. The molecule has 2 N–H and O–H groups in total. The van der Waals surface area contributed by atoms with Crippen LogP contribution in [-0.4, -0.2) is 16.2 Å². The highest BCUT2D eigenvalue weighted by molar-refractivity contribution is 9.10. The quantitative estimate of drug-likeness (QED) is 0.920. The fourth-order valence-corrected chi connectivity index (χ4v) is 2.99. The largest absolute Gasteiger partial charge is 0.339 e. The molecule has 3 rings (SSSR count). The maximum Gasteiger partial charge on any atom is 0.231 e. The van der Waals surface area contributed by atoms with Crippen LogP contribution in [-0.2, 0) is 0 Å². The Kier molecular flexibility index (Phi) is 3.36. The van der Waals surface area contributed by atoms with Crippen LogP contribution < -0.4 is 5.73 Å². The average Bonchev–Trinajstić information content (AvgIpc) is 2.97. The van der Waals surface area contributed by atoms with Gasteiger partial charge in [-0.1, -0.05) is 11.6 Å². The molecule has 4 nitrogen and oxygen atoms in total. The van der Waals surface area contributed by atoms with Gasteiger partial charge in [0.1, 0.15) is 5.82 Å². The first kappa shape index (κ1) is 12.7. The zero-order chi connectivity index (χ0) is 13.4. The first-order chi connectivity index (χ1) is 9.15. The second-order valence-electron chi connectivity index (χ2n) is 4.78. The van der Waals surface area contributed by atoms with Crippen LogP contribution in [0.2, 0.25) is 0 Å². The van der Waals surface area contributed by atoms with Gasteiger partial charge in [-0.25, -0.2) is 4.39 Å². The third-order valence-electron chi connectivity index (χ3n) is 3.50. The van der Waals surface area contributed by atoms with Gasteiger partial charge in [-0.15, -0.1) is 0 Å². The van der Waals surface area contributed by atoms with Gasteiger partial charge in [0, 0.05) is 16.1 Å². The summed E-state index contributed by atoms with van der Waals surface area (Å²) in [4.78, 5) is 4.39. The van der Waals surface area contributed by atoms with Gasteiger partial charge in [0.05, 0.1) is 5.92 Å². The number of rotatable bonds is 2. The number of halogens is 2. The van der Waals surface area contributed by atoms with E-state index in [1.165, 1.54) is 12.1 Å². The highest BCUT2D eigenvalue weighted by atomic mass is 79.9. The molecule has 1 fully saturated rings. The molecule has 6 heteroatoms. The topological polar surface area (TPSA) is 64.9 Å². The van der Waals surface area contributed by atoms with Crippen LogP contribution in [0, 0.1) is 5.82 Å². The molecule has 1 aromatic carbocycles. The summed E-state index contributed by atoms with van der Waals surface area (Å²) in [6.45, 7) is 0. The summed E-state index contributed by atoms with van der Waals surface area (Å²) in [6, 6.07) is 4.47. The van der Waals surface area contributed by atoms with E-state index in [0.29, 0.717) is 21.8 Å². The van der Waals surface area contributed by atoms with Crippen LogP contribution in [0.1, 0.15) is 31.1 Å². The van der Waals surface area contributed by atoms with Crippen molar-refractivity contribution < 1.29 is 8.91 Å². The molecule has 1 aromatic heterocycles. The number of nitrogens with two attached hydrogens (primary N) is 1. The van der Waals surface area contributed by atoms with Crippen LogP contribution in [0.3, 0.4) is 0 Å². The van der Waals surface area contributed by atoms with E-state index >= 15 is 0 Å². The summed E-state index contributed by atoms with van der Waals surface area (Å²) in [6.07, 6.45) is 3.06. The van der Waals surface area contributed by atoms with Gasteiger partial charge >= 0.3 is 0 Å². The molecule has 2 atom stereocenters. The van der Waals surface area contributed by atoms with Crippen molar-refractivity contribution in [2.45, 2.75) is 31.2 Å². The molecule has 0 amide bonds. The van der Waals surface area contributed by atoms with Crippen molar-refractivity contribution in [3.8, 4) is 11.4 Å². The molecule has 0 bridgehead atoms. The van der Waals surface area contributed by atoms with E-state index in [-0.39, 0.29) is 17.8 Å². The molecule has 0 spiro atoms. The molecule has 2 unspecified atom stereocenters. The number of aromatic nitrogens is 2. The van der Waals surface area contributed by atoms with Crippen molar-refractivity contribution in [2.24, 2.45) is 5.73 Å². The van der Waals surface area contributed by atoms with Crippen molar-refractivity contribution >= 4 is 15.9 Å². The van der Waals surface area contributed by atoms with Crippen molar-refractivity contribution in [2.75, 3.05) is 0 Å². The Morgan fingerprint density at radius 1 is 1.37 bits per heavy atom. The summed E-state index contributed by atoms with van der Waals surface area (Å²) in [5, 5.41) is 3.96. The SMILES string of the molecule is NC1CCCC1c1nc(-c2ccc(F)cc2Br)no1. The smallest absolute Gasteiger partial charge is 0.231 e. The Morgan fingerprint density at radius 3 is 2.89 bits per heavy atom. The van der Waals surface area contributed by atoms with Crippen molar-refractivity contribution in [1.82, 2.24) is 10.1 Å². The Morgan fingerprint density at radius 2 is 2.21 bits per heavy atom. The molecule has 100 valence electrons. The maximum absolute atomic E-state index is 13.1. The van der Waals surface area contributed by atoms with E-state index in [0.717, 1.165) is 19.3 Å². The molecule has 1 aliphatic rings. The van der Waals surface area contributed by atoms with E-state index in [9.17, 15) is 4.39 Å². The van der Waals surface area contributed by atoms with Gasteiger partial charge in [-0.3, -0.25) is 0 Å². The zero-order valence-electron chi connectivity index (χ0n) is 10.1. The molecule has 19 heavy (non-hydrogen) atoms. The van der Waals surface area contributed by atoms with Gasteiger partial charge in [-0.05, 0) is 47.0 Å². The summed E-state index contributed by atoms with van der Waals surface area (Å²) in [5.41, 5.74) is 6.73. The van der Waals surface area contributed by atoms with Crippen LogP contribution >= 0.6 is 15.9 Å². The predicted molar refractivity (Wildman–Crippen MR) is 72.0 cm³/mol. The predicted octanol–water partition coefficient (Wildman–Crippen LogP) is 3.23. The minimum atomic E-state index is -0.308. The molecule has 0 radical (unpaired) electrons. The van der Waals surface area contributed by atoms with Crippen molar-refractivity contribution in [3.05, 3.63) is 34.4 Å². The second-order valence-corrected chi connectivity index (χ2v) is 5.64. The Bertz CT molecular complexity index is 601. The lowest BCUT2D eigenvalue weighted by Gasteiger charge is -2.08. The minimum absolute atomic E-state index is 0.0879. The van der Waals surface area contributed by atoms with Crippen molar-refractivity contribution in [3.63, 3.8) is 0 Å². The zero-order valence-corrected chi connectivity index (χ0v) is 11.7. The number of hydrogen-bond acceptors (Lipinski definition) is 4. The second kappa shape index (κ2) is 5.02. The fraction of sp³-hybridized carbons (Fsp3) is 0.385. The normalized spacial score (nSPS) is 22.9. The molecule has 2 aromatic rings. The summed E-state index contributed by atoms with van der Waals surface area (Å²) < 4.78 is 19.0. The van der Waals surface area contributed by atoms with Crippen LogP contribution in [0.25, 0.3) is 11.4 Å². The first-order valence-electron chi connectivity index (χ1n) is 6.20. The molecule has 0 saturated heterocycles. The monoisotopic (exact) mass is 325 g/mol. The third kappa shape index (κ3) is 2.42. The maximum atomic E-state index is 13.1. The van der Waals surface area contributed by atoms with Crippen LogP contribution in [0.15, 0.2) is 27.2 Å². The number of nitrogens with zero attached hydrogens (tertiary/aromatic N) is 2. The lowest BCUT2D eigenvalue weighted by Crippen LogP contribution is -2.22. The van der Waals surface area contributed by atoms with Gasteiger partial charge in [0.25, 0.3) is 0 Å². The van der Waals surface area contributed by atoms with Crippen molar-refractivity contribution in [1.29, 1.82) is 0 Å². The van der Waals surface area contributed by atoms with E-state index < -0.39 is 0 Å². The molecule has 1 saturated carbocycles. The van der Waals surface area contributed by atoms with Gasteiger partial charge in [-0.2, -0.15) is 4.98 Å². The Labute approximate surface area is 118 Å². The van der Waals surface area contributed by atoms with Gasteiger partial charge < -0.3 is 10.3 Å². The van der Waals surface area contributed by atoms with E-state index in [1.807, 2.05) is 0 Å². The highest BCUT2D eigenvalue weighted by Crippen LogP contribution is 2.34. The third-order valence-corrected chi connectivity index (χ3v) is 4.16.